The number of amides is 1. The lowest BCUT2D eigenvalue weighted by atomic mass is 10.2. The molecule has 0 saturated carbocycles. The van der Waals surface area contributed by atoms with Gasteiger partial charge in [0, 0.05) is 0 Å². The highest BCUT2D eigenvalue weighted by Gasteiger charge is 2.09. The Balaban J connectivity index is 1.82. The van der Waals surface area contributed by atoms with Crippen LogP contribution in [0.1, 0.15) is 16.1 Å². The number of ether oxygens (including phenoxy) is 1. The zero-order chi connectivity index (χ0) is 14.4. The van der Waals surface area contributed by atoms with Crippen molar-refractivity contribution in [2.45, 2.75) is 6.92 Å². The van der Waals surface area contributed by atoms with Gasteiger partial charge in [0.15, 0.2) is 0 Å². The van der Waals surface area contributed by atoms with Gasteiger partial charge in [-0.3, -0.25) is 9.78 Å². The van der Waals surface area contributed by atoms with Crippen LogP contribution in [0.2, 0.25) is 0 Å². The summed E-state index contributed by atoms with van der Waals surface area (Å²) in [7, 11) is 0. The number of aromatic nitrogens is 1. The first-order chi connectivity index (χ1) is 9.66. The fourth-order valence-corrected chi connectivity index (χ4v) is 1.72. The molecule has 0 bridgehead atoms. The van der Waals surface area contributed by atoms with Crippen LogP contribution >= 0.6 is 0 Å². The van der Waals surface area contributed by atoms with Crippen LogP contribution < -0.4 is 15.8 Å². The predicted molar refractivity (Wildman–Crippen MR) is 77.7 cm³/mol. The number of carbonyl (C=O) groups is 1. The molecule has 2 aromatic rings. The predicted octanol–water partition coefficient (Wildman–Crippen LogP) is 1.78. The highest BCUT2D eigenvalue weighted by atomic mass is 16.5. The molecule has 5 heteroatoms. The molecule has 1 aromatic heterocycles. The van der Waals surface area contributed by atoms with Crippen LogP contribution in [0.15, 0.2) is 42.6 Å². The second kappa shape index (κ2) is 6.56. The van der Waals surface area contributed by atoms with Gasteiger partial charge in [-0.2, -0.15) is 0 Å². The fourth-order valence-electron chi connectivity index (χ4n) is 1.72. The third-order valence-corrected chi connectivity index (χ3v) is 2.75. The lowest BCUT2D eigenvalue weighted by molar-refractivity contribution is 0.0946. The summed E-state index contributed by atoms with van der Waals surface area (Å²) in [6.45, 7) is 2.60. The van der Waals surface area contributed by atoms with E-state index in [1.165, 1.54) is 6.20 Å². The standard InChI is InChI=1S/C15H17N3O2/c1-11-14(9-12(16)10-18-11)15(19)17-7-8-20-13-5-3-2-4-6-13/h2-6,9-10H,7-8,16H2,1H3,(H,17,19). The number of carbonyl (C=O) groups excluding carboxylic acids is 1. The number of nitrogens with one attached hydrogen (secondary N) is 1. The molecule has 0 aliphatic rings. The van der Waals surface area contributed by atoms with E-state index >= 15 is 0 Å². The van der Waals surface area contributed by atoms with Crippen molar-refractivity contribution in [1.82, 2.24) is 10.3 Å². The summed E-state index contributed by atoms with van der Waals surface area (Å²) in [6.07, 6.45) is 1.53. The van der Waals surface area contributed by atoms with Gasteiger partial charge in [-0.25, -0.2) is 0 Å². The maximum Gasteiger partial charge on any atom is 0.253 e. The highest BCUT2D eigenvalue weighted by Crippen LogP contribution is 2.09. The minimum absolute atomic E-state index is 0.195. The molecule has 0 fully saturated rings. The fraction of sp³-hybridized carbons (Fsp3) is 0.200. The quantitative estimate of drug-likeness (QED) is 0.813. The number of pyridine rings is 1. The maximum absolute atomic E-state index is 12.0. The molecular formula is C15H17N3O2. The van der Waals surface area contributed by atoms with Crippen LogP contribution in [0.3, 0.4) is 0 Å². The van der Waals surface area contributed by atoms with Gasteiger partial charge in [-0.05, 0) is 25.1 Å². The number of para-hydroxylation sites is 1. The Bertz CT molecular complexity index is 585. The topological polar surface area (TPSA) is 77.2 Å². The van der Waals surface area contributed by atoms with Crippen LogP contribution in [-0.4, -0.2) is 24.0 Å². The molecular weight excluding hydrogens is 254 g/mol. The molecule has 20 heavy (non-hydrogen) atoms. The first kappa shape index (κ1) is 13.9. The van der Waals surface area contributed by atoms with E-state index in [4.69, 9.17) is 10.5 Å². The lowest BCUT2D eigenvalue weighted by Gasteiger charge is -2.09. The summed E-state index contributed by atoms with van der Waals surface area (Å²) >= 11 is 0. The average molecular weight is 271 g/mol. The molecule has 0 unspecified atom stereocenters. The molecule has 2 rings (SSSR count). The number of nitrogens with zero attached hydrogens (tertiary/aromatic N) is 1. The zero-order valence-corrected chi connectivity index (χ0v) is 11.3. The van der Waals surface area contributed by atoms with Crippen molar-refractivity contribution in [2.75, 3.05) is 18.9 Å². The zero-order valence-electron chi connectivity index (χ0n) is 11.3. The van der Waals surface area contributed by atoms with Crippen LogP contribution in [-0.2, 0) is 0 Å². The summed E-state index contributed by atoms with van der Waals surface area (Å²) in [5.74, 6) is 0.586. The van der Waals surface area contributed by atoms with E-state index in [-0.39, 0.29) is 5.91 Å². The van der Waals surface area contributed by atoms with Crippen molar-refractivity contribution in [3.05, 3.63) is 53.9 Å². The minimum Gasteiger partial charge on any atom is -0.492 e. The van der Waals surface area contributed by atoms with Gasteiger partial charge in [-0.1, -0.05) is 18.2 Å². The van der Waals surface area contributed by atoms with E-state index in [2.05, 4.69) is 10.3 Å². The molecule has 0 atom stereocenters. The third kappa shape index (κ3) is 3.71. The van der Waals surface area contributed by atoms with E-state index < -0.39 is 0 Å². The van der Waals surface area contributed by atoms with Gasteiger partial charge in [0.25, 0.3) is 5.91 Å². The number of hydrogen-bond acceptors (Lipinski definition) is 4. The first-order valence-electron chi connectivity index (χ1n) is 6.35. The van der Waals surface area contributed by atoms with Crippen molar-refractivity contribution < 1.29 is 9.53 Å². The van der Waals surface area contributed by atoms with Crippen molar-refractivity contribution in [1.29, 1.82) is 0 Å². The second-order valence-corrected chi connectivity index (χ2v) is 4.32. The van der Waals surface area contributed by atoms with E-state index in [0.29, 0.717) is 30.1 Å². The minimum atomic E-state index is -0.195. The molecule has 1 heterocycles. The summed E-state index contributed by atoms with van der Waals surface area (Å²) in [6, 6.07) is 11.1. The summed E-state index contributed by atoms with van der Waals surface area (Å²) in [4.78, 5) is 16.0. The Hall–Kier alpha value is -2.56. The molecule has 1 amide bonds. The molecule has 5 nitrogen and oxygen atoms in total. The number of aryl methyl sites for hydroxylation is 1. The number of benzene rings is 1. The van der Waals surface area contributed by atoms with Crippen molar-refractivity contribution in [3.63, 3.8) is 0 Å². The number of rotatable bonds is 5. The van der Waals surface area contributed by atoms with Gasteiger partial charge in [0.05, 0.1) is 29.7 Å². The molecule has 0 aliphatic heterocycles. The highest BCUT2D eigenvalue weighted by molar-refractivity contribution is 5.95. The van der Waals surface area contributed by atoms with Crippen LogP contribution in [0.4, 0.5) is 5.69 Å². The van der Waals surface area contributed by atoms with Crippen molar-refractivity contribution >= 4 is 11.6 Å². The van der Waals surface area contributed by atoms with E-state index in [9.17, 15) is 4.79 Å². The average Bonchev–Trinajstić information content (AvgIpc) is 2.47. The van der Waals surface area contributed by atoms with Gasteiger partial charge in [-0.15, -0.1) is 0 Å². The van der Waals surface area contributed by atoms with Crippen LogP contribution in [0.25, 0.3) is 0 Å². The SMILES string of the molecule is Cc1ncc(N)cc1C(=O)NCCOc1ccccc1. The van der Waals surface area contributed by atoms with Gasteiger partial charge in [0.2, 0.25) is 0 Å². The smallest absolute Gasteiger partial charge is 0.253 e. The second-order valence-electron chi connectivity index (χ2n) is 4.32. The van der Waals surface area contributed by atoms with Crippen molar-refractivity contribution in [2.24, 2.45) is 0 Å². The van der Waals surface area contributed by atoms with Gasteiger partial charge < -0.3 is 15.8 Å². The number of nitrogen functional groups attached to an aromatic ring is 1. The largest absolute Gasteiger partial charge is 0.492 e. The maximum atomic E-state index is 12.0. The Morgan fingerprint density at radius 3 is 2.85 bits per heavy atom. The first-order valence-corrected chi connectivity index (χ1v) is 6.35. The summed E-state index contributed by atoms with van der Waals surface area (Å²) < 4.78 is 5.49. The Labute approximate surface area is 117 Å². The molecule has 0 saturated heterocycles. The number of nitrogens with two attached hydrogens (primary N) is 1. The molecule has 3 N–H and O–H groups in total. The summed E-state index contributed by atoms with van der Waals surface area (Å²) in [5.41, 5.74) is 7.25. The summed E-state index contributed by atoms with van der Waals surface area (Å²) in [5, 5.41) is 2.78. The normalized spacial score (nSPS) is 10.1. The monoisotopic (exact) mass is 271 g/mol. The molecule has 0 aliphatic carbocycles. The Kier molecular flexibility index (Phi) is 4.55. The van der Waals surface area contributed by atoms with E-state index in [1.54, 1.807) is 13.0 Å². The van der Waals surface area contributed by atoms with Gasteiger partial charge >= 0.3 is 0 Å². The van der Waals surface area contributed by atoms with Crippen LogP contribution in [0, 0.1) is 6.92 Å². The Morgan fingerprint density at radius 2 is 2.10 bits per heavy atom. The number of hydrogen-bond donors (Lipinski definition) is 2. The van der Waals surface area contributed by atoms with Crippen LogP contribution in [0.5, 0.6) is 5.75 Å². The number of anilines is 1. The molecule has 0 spiro atoms. The lowest BCUT2D eigenvalue weighted by Crippen LogP contribution is -2.29. The molecule has 0 radical (unpaired) electrons. The van der Waals surface area contributed by atoms with Gasteiger partial charge in [0.1, 0.15) is 12.4 Å². The third-order valence-electron chi connectivity index (χ3n) is 2.75. The Morgan fingerprint density at radius 1 is 1.35 bits per heavy atom. The van der Waals surface area contributed by atoms with E-state index in [1.807, 2.05) is 30.3 Å². The molecule has 1 aromatic carbocycles. The van der Waals surface area contributed by atoms with E-state index in [0.717, 1.165) is 5.75 Å². The molecule has 104 valence electrons. The van der Waals surface area contributed by atoms with Crippen molar-refractivity contribution in [3.8, 4) is 5.75 Å².